The van der Waals surface area contributed by atoms with E-state index in [4.69, 9.17) is 18.6 Å². The number of ether oxygens (including phenoxy) is 3. The van der Waals surface area contributed by atoms with Gasteiger partial charge in [-0.25, -0.2) is 28.5 Å². The molecule has 252 valence electrons. The number of para-hydroxylation sites is 1. The number of carboxylic acid groups (broad SMARTS) is 1. The topological polar surface area (TPSA) is 136 Å². The summed E-state index contributed by atoms with van der Waals surface area (Å²) < 4.78 is 56.6. The molecule has 3 atom stereocenters. The number of pyridine rings is 1. The minimum atomic E-state index is -2.98. The van der Waals surface area contributed by atoms with Crippen LogP contribution in [0.1, 0.15) is 41.7 Å². The number of fused-ring (bicyclic) bond motifs is 3. The van der Waals surface area contributed by atoms with Crippen molar-refractivity contribution in [2.45, 2.75) is 50.5 Å². The number of alkyl halides is 2. The fraction of sp³-hybridized carbons (Fsp3) is 0.382. The number of morpholine rings is 1. The molecule has 1 spiro atoms. The molecule has 0 unspecified atom stereocenters. The summed E-state index contributed by atoms with van der Waals surface area (Å²) in [5, 5.41) is 10.8. The van der Waals surface area contributed by atoms with Gasteiger partial charge in [-0.3, -0.25) is 0 Å². The SMILES string of the molecule is Cc1cc(C#Cc2cnc(O[C@H]3C[C@@H](C(=O)O)N(c4nc(C(F)F)nc5c4oc4ccccc45)C3)c(N3CCOC4(COC4)[C@@H]3C)c2)sn1. The number of rotatable bonds is 6. The second-order valence-electron chi connectivity index (χ2n) is 12.4. The molecule has 7 heterocycles. The third kappa shape index (κ3) is 5.59. The van der Waals surface area contributed by atoms with Crippen molar-refractivity contribution in [1.29, 1.82) is 0 Å². The van der Waals surface area contributed by atoms with Crippen LogP contribution in [0.2, 0.25) is 0 Å². The Balaban J connectivity index is 1.15. The Bertz CT molecular complexity index is 2140. The van der Waals surface area contributed by atoms with E-state index in [0.717, 1.165) is 10.6 Å². The van der Waals surface area contributed by atoms with E-state index in [2.05, 4.69) is 43.0 Å². The van der Waals surface area contributed by atoms with Crippen molar-refractivity contribution in [2.75, 3.05) is 42.7 Å². The van der Waals surface area contributed by atoms with E-state index >= 15 is 0 Å². The van der Waals surface area contributed by atoms with Crippen molar-refractivity contribution in [3.63, 3.8) is 0 Å². The molecule has 0 aliphatic carbocycles. The van der Waals surface area contributed by atoms with Gasteiger partial charge in [-0.15, -0.1) is 0 Å². The van der Waals surface area contributed by atoms with Crippen LogP contribution in [0.25, 0.3) is 22.1 Å². The molecule has 49 heavy (non-hydrogen) atoms. The molecule has 0 bridgehead atoms. The number of carboxylic acids is 1. The number of hydrogen-bond donors (Lipinski definition) is 1. The van der Waals surface area contributed by atoms with Crippen molar-refractivity contribution in [1.82, 2.24) is 19.3 Å². The molecule has 0 radical (unpaired) electrons. The van der Waals surface area contributed by atoms with E-state index in [1.165, 1.54) is 16.4 Å². The van der Waals surface area contributed by atoms with Crippen LogP contribution in [0.15, 0.2) is 47.0 Å². The quantitative estimate of drug-likeness (QED) is 0.241. The number of nitrogens with zero attached hydrogens (tertiary/aromatic N) is 6. The lowest BCUT2D eigenvalue weighted by Gasteiger charge is -2.53. The highest BCUT2D eigenvalue weighted by molar-refractivity contribution is 7.06. The molecule has 3 fully saturated rings. The van der Waals surface area contributed by atoms with Gasteiger partial charge in [0.05, 0.1) is 43.0 Å². The van der Waals surface area contributed by atoms with Crippen LogP contribution in [0.4, 0.5) is 20.3 Å². The van der Waals surface area contributed by atoms with E-state index in [0.29, 0.717) is 54.5 Å². The molecule has 15 heteroatoms. The maximum Gasteiger partial charge on any atom is 0.326 e. The average Bonchev–Trinajstić information content (AvgIpc) is 3.80. The zero-order valence-electron chi connectivity index (χ0n) is 26.4. The molecule has 0 saturated carbocycles. The smallest absolute Gasteiger partial charge is 0.326 e. The van der Waals surface area contributed by atoms with Gasteiger partial charge >= 0.3 is 5.97 Å². The predicted octanol–water partition coefficient (Wildman–Crippen LogP) is 4.98. The summed E-state index contributed by atoms with van der Waals surface area (Å²) in [6, 6.07) is 9.50. The van der Waals surface area contributed by atoms with Gasteiger partial charge in [-0.1, -0.05) is 18.1 Å². The largest absolute Gasteiger partial charge is 0.480 e. The van der Waals surface area contributed by atoms with Crippen molar-refractivity contribution < 1.29 is 37.3 Å². The summed E-state index contributed by atoms with van der Waals surface area (Å²) in [7, 11) is 0. The van der Waals surface area contributed by atoms with Gasteiger partial charge in [-0.05, 0) is 55.6 Å². The van der Waals surface area contributed by atoms with Gasteiger partial charge < -0.3 is 33.5 Å². The number of carbonyl (C=O) groups is 1. The summed E-state index contributed by atoms with van der Waals surface area (Å²) in [6.45, 7) is 5.95. The number of benzene rings is 1. The highest BCUT2D eigenvalue weighted by Gasteiger charge is 2.50. The van der Waals surface area contributed by atoms with Crippen molar-refractivity contribution >= 4 is 51.1 Å². The first-order valence-corrected chi connectivity index (χ1v) is 16.5. The van der Waals surface area contributed by atoms with Gasteiger partial charge in [0.1, 0.15) is 34.5 Å². The van der Waals surface area contributed by atoms with E-state index in [-0.39, 0.29) is 35.9 Å². The number of furan rings is 1. The molecule has 1 N–H and O–H groups in total. The van der Waals surface area contributed by atoms with Crippen LogP contribution in [0.3, 0.4) is 0 Å². The molecular formula is C34H30F2N6O6S. The number of aromatic nitrogens is 4. The summed E-state index contributed by atoms with van der Waals surface area (Å²) in [6.07, 6.45) is -2.02. The minimum absolute atomic E-state index is 0.0205. The first-order valence-electron chi connectivity index (χ1n) is 15.8. The molecule has 4 aromatic heterocycles. The van der Waals surface area contributed by atoms with E-state index in [1.54, 1.807) is 30.5 Å². The molecule has 8 rings (SSSR count). The molecular weight excluding hydrogens is 658 g/mol. The number of hydrogen-bond acceptors (Lipinski definition) is 12. The van der Waals surface area contributed by atoms with Crippen LogP contribution in [0, 0.1) is 18.8 Å². The summed E-state index contributed by atoms with van der Waals surface area (Å²) >= 11 is 1.32. The average molecular weight is 689 g/mol. The lowest BCUT2D eigenvalue weighted by molar-refractivity contribution is -0.228. The fourth-order valence-corrected chi connectivity index (χ4v) is 7.27. The fourth-order valence-electron chi connectivity index (χ4n) is 6.66. The maximum absolute atomic E-state index is 14.1. The molecule has 3 aliphatic heterocycles. The van der Waals surface area contributed by atoms with Gasteiger partial charge in [0, 0.05) is 30.1 Å². The van der Waals surface area contributed by atoms with Gasteiger partial charge in [-0.2, -0.15) is 4.37 Å². The summed E-state index contributed by atoms with van der Waals surface area (Å²) in [5.74, 6) is 4.73. The summed E-state index contributed by atoms with van der Waals surface area (Å²) in [5.41, 5.74) is 2.51. The van der Waals surface area contributed by atoms with Crippen LogP contribution in [-0.4, -0.2) is 87.1 Å². The predicted molar refractivity (Wildman–Crippen MR) is 175 cm³/mol. The zero-order valence-corrected chi connectivity index (χ0v) is 27.2. The Morgan fingerprint density at radius 1 is 1.18 bits per heavy atom. The second-order valence-corrected chi connectivity index (χ2v) is 13.2. The van der Waals surface area contributed by atoms with Crippen molar-refractivity contribution in [3.05, 3.63) is 64.6 Å². The molecule has 3 saturated heterocycles. The highest BCUT2D eigenvalue weighted by atomic mass is 32.1. The zero-order chi connectivity index (χ0) is 33.9. The number of halogens is 2. The lowest BCUT2D eigenvalue weighted by Crippen LogP contribution is -2.68. The van der Waals surface area contributed by atoms with Gasteiger partial charge in [0.2, 0.25) is 5.88 Å². The van der Waals surface area contributed by atoms with E-state index in [9.17, 15) is 18.7 Å². The summed E-state index contributed by atoms with van der Waals surface area (Å²) in [4.78, 5) is 30.0. The number of anilines is 2. The Hall–Kier alpha value is -4.91. The molecule has 3 aliphatic rings. The number of aliphatic carboxylic acids is 1. The standard InChI is InChI=1S/C34H30F2N6O6S/c1-18-11-22(49-40-18)8-7-20-12-24(41-9-10-46-34(19(41)2)16-45-17-34)32(37-14-20)47-21-13-25(33(43)44)42(15-21)31-28-27(38-30(39-31)29(35)36)23-5-3-4-6-26(23)48-28/h3-6,11-12,14,19,21,25,29H,9-10,13,15-17H2,1-2H3,(H,43,44)/t19-,21-,25-/m0/s1. The number of aryl methyl sites for hydroxylation is 1. The van der Waals surface area contributed by atoms with Gasteiger partial charge in [0.25, 0.3) is 6.43 Å². The van der Waals surface area contributed by atoms with E-state index in [1.807, 2.05) is 19.1 Å². The van der Waals surface area contributed by atoms with Crippen molar-refractivity contribution in [2.24, 2.45) is 0 Å². The Labute approximate surface area is 282 Å². The normalized spacial score (nSPS) is 21.7. The van der Waals surface area contributed by atoms with Crippen LogP contribution in [-0.2, 0) is 14.3 Å². The Morgan fingerprint density at radius 2 is 2.02 bits per heavy atom. The maximum atomic E-state index is 14.1. The van der Waals surface area contributed by atoms with Gasteiger partial charge in [0.15, 0.2) is 17.2 Å². The van der Waals surface area contributed by atoms with Crippen molar-refractivity contribution in [3.8, 4) is 17.7 Å². The third-order valence-corrected chi connectivity index (χ3v) is 10.1. The molecule has 1 aromatic carbocycles. The third-order valence-electron chi connectivity index (χ3n) is 9.26. The van der Waals surface area contributed by atoms with Crippen LogP contribution in [0.5, 0.6) is 5.88 Å². The Morgan fingerprint density at radius 3 is 2.76 bits per heavy atom. The van der Waals surface area contributed by atoms with Crippen LogP contribution >= 0.6 is 11.5 Å². The molecule has 0 amide bonds. The first-order chi connectivity index (χ1) is 23.7. The minimum Gasteiger partial charge on any atom is -0.480 e. The highest BCUT2D eigenvalue weighted by Crippen LogP contribution is 2.41. The first kappa shape index (κ1) is 31.4. The second kappa shape index (κ2) is 12.2. The van der Waals surface area contributed by atoms with E-state index < -0.39 is 36.0 Å². The van der Waals surface area contributed by atoms with Crippen LogP contribution < -0.4 is 14.5 Å². The monoisotopic (exact) mass is 688 g/mol. The molecule has 5 aromatic rings. The Kier molecular flexibility index (Phi) is 7.81. The lowest BCUT2D eigenvalue weighted by atomic mass is 9.90. The molecule has 12 nitrogen and oxygen atoms in total.